The van der Waals surface area contributed by atoms with E-state index in [0.717, 1.165) is 24.4 Å². The maximum absolute atomic E-state index is 12.2. The molecule has 0 spiro atoms. The summed E-state index contributed by atoms with van der Waals surface area (Å²) in [6.07, 6.45) is 2.71. The zero-order chi connectivity index (χ0) is 17.4. The average molecular weight is 342 g/mol. The minimum Gasteiger partial charge on any atom is -0.348 e. The van der Waals surface area contributed by atoms with E-state index in [1.54, 1.807) is 0 Å². The summed E-state index contributed by atoms with van der Waals surface area (Å²) in [6, 6.07) is 0.242. The number of carbonyl (C=O) groups excluding carboxylic acids is 1. The maximum Gasteiger partial charge on any atom is 0.271 e. The summed E-state index contributed by atoms with van der Waals surface area (Å²) < 4.78 is 26.8. The first-order valence-corrected chi connectivity index (χ1v) is 9.77. The van der Waals surface area contributed by atoms with Crippen molar-refractivity contribution in [2.75, 3.05) is 19.3 Å². The molecule has 2 heterocycles. The van der Waals surface area contributed by atoms with E-state index in [0.29, 0.717) is 18.8 Å². The summed E-state index contributed by atoms with van der Waals surface area (Å²) >= 11 is 0. The lowest BCUT2D eigenvalue weighted by molar-refractivity contribution is 0.0937. The molecular weight excluding hydrogens is 316 g/mol. The Morgan fingerprint density at radius 1 is 1.26 bits per heavy atom. The van der Waals surface area contributed by atoms with Crippen molar-refractivity contribution < 1.29 is 13.2 Å². The Hall–Kier alpha value is -1.41. The van der Waals surface area contributed by atoms with Crippen LogP contribution in [0.4, 0.5) is 0 Å². The predicted molar refractivity (Wildman–Crippen MR) is 89.0 cm³/mol. The lowest BCUT2D eigenvalue weighted by Crippen LogP contribution is -2.38. The van der Waals surface area contributed by atoms with Gasteiger partial charge < -0.3 is 9.88 Å². The van der Waals surface area contributed by atoms with Crippen LogP contribution in [0.25, 0.3) is 0 Å². The first kappa shape index (κ1) is 17.9. The minimum atomic E-state index is -3.13. The standard InChI is InChI=1S/C15H26N4O3S/c1-10(2)16-15(20)14-11(3)19(12(4)17-14)13-6-8-18(9-7-13)23(5,21)22/h10,13H,6-9H2,1-5H3,(H,16,20). The Labute approximate surface area is 138 Å². The molecule has 1 fully saturated rings. The fraction of sp³-hybridized carbons (Fsp3) is 0.733. The molecule has 130 valence electrons. The first-order valence-electron chi connectivity index (χ1n) is 7.92. The molecule has 0 atom stereocenters. The molecule has 0 aromatic carbocycles. The van der Waals surface area contributed by atoms with Crippen LogP contribution < -0.4 is 5.32 Å². The van der Waals surface area contributed by atoms with Gasteiger partial charge in [-0.2, -0.15) is 0 Å². The highest BCUT2D eigenvalue weighted by Gasteiger charge is 2.29. The quantitative estimate of drug-likeness (QED) is 0.892. The van der Waals surface area contributed by atoms with Gasteiger partial charge in [0.15, 0.2) is 0 Å². The van der Waals surface area contributed by atoms with Crippen LogP contribution >= 0.6 is 0 Å². The number of imidazole rings is 1. The molecule has 1 aromatic rings. The first-order chi connectivity index (χ1) is 10.6. The molecule has 0 aliphatic carbocycles. The van der Waals surface area contributed by atoms with Crippen LogP contribution in [0, 0.1) is 13.8 Å². The Morgan fingerprint density at radius 3 is 2.30 bits per heavy atom. The normalized spacial score (nSPS) is 17.7. The van der Waals surface area contributed by atoms with Crippen molar-refractivity contribution in [1.82, 2.24) is 19.2 Å². The molecule has 1 saturated heterocycles. The van der Waals surface area contributed by atoms with Crippen molar-refractivity contribution in [3.8, 4) is 0 Å². The lowest BCUT2D eigenvalue weighted by atomic mass is 10.1. The molecule has 0 bridgehead atoms. The van der Waals surface area contributed by atoms with E-state index in [4.69, 9.17) is 0 Å². The second-order valence-electron chi connectivity index (χ2n) is 6.48. The zero-order valence-electron chi connectivity index (χ0n) is 14.5. The van der Waals surface area contributed by atoms with E-state index >= 15 is 0 Å². The summed E-state index contributed by atoms with van der Waals surface area (Å²) in [6.45, 7) is 8.64. The fourth-order valence-electron chi connectivity index (χ4n) is 3.17. The van der Waals surface area contributed by atoms with Crippen molar-refractivity contribution >= 4 is 15.9 Å². The third-order valence-corrected chi connectivity index (χ3v) is 5.52. The molecule has 0 unspecified atom stereocenters. The molecular formula is C15H26N4O3S. The topological polar surface area (TPSA) is 84.3 Å². The molecule has 2 rings (SSSR count). The van der Waals surface area contributed by atoms with Crippen LogP contribution in [-0.4, -0.2) is 53.6 Å². The number of hydrogen-bond acceptors (Lipinski definition) is 4. The van der Waals surface area contributed by atoms with Gasteiger partial charge >= 0.3 is 0 Å². The van der Waals surface area contributed by atoms with Crippen LogP contribution in [0.1, 0.15) is 54.7 Å². The second kappa shape index (κ2) is 6.60. The van der Waals surface area contributed by atoms with Gasteiger partial charge in [0.2, 0.25) is 10.0 Å². The minimum absolute atomic E-state index is 0.0605. The Balaban J connectivity index is 2.19. The van der Waals surface area contributed by atoms with E-state index in [1.807, 2.05) is 27.7 Å². The number of nitrogens with one attached hydrogen (secondary N) is 1. The van der Waals surface area contributed by atoms with Gasteiger partial charge in [0.1, 0.15) is 11.5 Å². The van der Waals surface area contributed by atoms with E-state index in [2.05, 4.69) is 14.9 Å². The summed E-state index contributed by atoms with van der Waals surface area (Å²) in [7, 11) is -3.13. The second-order valence-corrected chi connectivity index (χ2v) is 8.47. The molecule has 1 aromatic heterocycles. The van der Waals surface area contributed by atoms with Crippen molar-refractivity contribution in [3.63, 3.8) is 0 Å². The van der Waals surface area contributed by atoms with E-state index in [-0.39, 0.29) is 18.0 Å². The summed E-state index contributed by atoms with van der Waals surface area (Å²) in [5, 5.41) is 2.87. The molecule has 0 radical (unpaired) electrons. The molecule has 1 amide bonds. The predicted octanol–water partition coefficient (Wildman–Crippen LogP) is 1.23. The summed E-state index contributed by atoms with van der Waals surface area (Å²) in [5.41, 5.74) is 1.31. The smallest absolute Gasteiger partial charge is 0.271 e. The number of rotatable bonds is 4. The van der Waals surface area contributed by atoms with Gasteiger partial charge in [-0.3, -0.25) is 4.79 Å². The van der Waals surface area contributed by atoms with Crippen LogP contribution in [-0.2, 0) is 10.0 Å². The van der Waals surface area contributed by atoms with Crippen LogP contribution in [0.15, 0.2) is 0 Å². The highest BCUT2D eigenvalue weighted by atomic mass is 32.2. The Bertz CT molecular complexity index is 686. The van der Waals surface area contributed by atoms with Gasteiger partial charge in [-0.05, 0) is 40.5 Å². The van der Waals surface area contributed by atoms with Crippen molar-refractivity contribution in [2.45, 2.75) is 52.6 Å². The number of nitrogens with zero attached hydrogens (tertiary/aromatic N) is 3. The molecule has 1 aliphatic rings. The van der Waals surface area contributed by atoms with Crippen molar-refractivity contribution in [3.05, 3.63) is 17.2 Å². The Morgan fingerprint density at radius 2 is 1.83 bits per heavy atom. The molecule has 1 N–H and O–H groups in total. The number of aryl methyl sites for hydroxylation is 1. The number of sulfonamides is 1. The third-order valence-electron chi connectivity index (χ3n) is 4.22. The monoisotopic (exact) mass is 342 g/mol. The van der Waals surface area contributed by atoms with Crippen LogP contribution in [0.2, 0.25) is 0 Å². The maximum atomic E-state index is 12.2. The molecule has 1 aliphatic heterocycles. The SMILES string of the molecule is Cc1nc(C(=O)NC(C)C)c(C)n1C1CCN(S(C)(=O)=O)CC1. The summed E-state index contributed by atoms with van der Waals surface area (Å²) in [4.78, 5) is 16.7. The van der Waals surface area contributed by atoms with Crippen molar-refractivity contribution in [1.29, 1.82) is 0 Å². The number of aromatic nitrogens is 2. The van der Waals surface area contributed by atoms with Gasteiger partial charge in [-0.1, -0.05) is 0 Å². The van der Waals surface area contributed by atoms with E-state index < -0.39 is 10.0 Å². The van der Waals surface area contributed by atoms with Gasteiger partial charge in [0, 0.05) is 30.9 Å². The largest absolute Gasteiger partial charge is 0.348 e. The average Bonchev–Trinajstić information content (AvgIpc) is 2.72. The molecule has 0 saturated carbocycles. The molecule has 7 nitrogen and oxygen atoms in total. The van der Waals surface area contributed by atoms with Gasteiger partial charge in [0.25, 0.3) is 5.91 Å². The lowest BCUT2D eigenvalue weighted by Gasteiger charge is -2.32. The van der Waals surface area contributed by atoms with Gasteiger partial charge in [-0.25, -0.2) is 17.7 Å². The van der Waals surface area contributed by atoms with Gasteiger partial charge in [0.05, 0.1) is 6.26 Å². The third kappa shape index (κ3) is 3.92. The van der Waals surface area contributed by atoms with E-state index in [9.17, 15) is 13.2 Å². The number of hydrogen-bond donors (Lipinski definition) is 1. The van der Waals surface area contributed by atoms with Crippen molar-refractivity contribution in [2.24, 2.45) is 0 Å². The molecule has 8 heteroatoms. The van der Waals surface area contributed by atoms with Crippen LogP contribution in [0.3, 0.4) is 0 Å². The summed E-state index contributed by atoms with van der Waals surface area (Å²) in [5.74, 6) is 0.641. The number of amides is 1. The zero-order valence-corrected chi connectivity index (χ0v) is 15.3. The number of piperidine rings is 1. The molecule has 23 heavy (non-hydrogen) atoms. The fourth-order valence-corrected chi connectivity index (χ4v) is 4.04. The highest BCUT2D eigenvalue weighted by Crippen LogP contribution is 2.27. The van der Waals surface area contributed by atoms with E-state index in [1.165, 1.54) is 10.6 Å². The van der Waals surface area contributed by atoms with Crippen LogP contribution in [0.5, 0.6) is 0 Å². The van der Waals surface area contributed by atoms with Gasteiger partial charge in [-0.15, -0.1) is 0 Å². The Kier molecular flexibility index (Phi) is 5.15. The number of carbonyl (C=O) groups is 1. The highest BCUT2D eigenvalue weighted by molar-refractivity contribution is 7.88.